The Morgan fingerprint density at radius 2 is 1.90 bits per heavy atom. The highest BCUT2D eigenvalue weighted by molar-refractivity contribution is 5.81. The first-order valence-corrected chi connectivity index (χ1v) is 6.72. The number of piperidine rings is 1. The molecule has 0 saturated carbocycles. The molecule has 0 aromatic rings. The van der Waals surface area contributed by atoms with Crippen LogP contribution >= 0.6 is 0 Å². The Kier molecular flexibility index (Phi) is 6.83. The zero-order chi connectivity index (χ0) is 15.0. The molecule has 0 atom stereocenters. The number of rotatable bonds is 4. The molecule has 1 heterocycles. The monoisotopic (exact) mass is 285 g/mol. The lowest BCUT2D eigenvalue weighted by Gasteiger charge is -2.33. The van der Waals surface area contributed by atoms with Crippen molar-refractivity contribution in [1.29, 1.82) is 0 Å². The van der Waals surface area contributed by atoms with E-state index in [0.29, 0.717) is 13.0 Å². The minimum Gasteiger partial charge on any atom is -0.469 e. The number of ether oxygens (including phenoxy) is 2. The number of hydrogen-bond donors (Lipinski definition) is 1. The van der Waals surface area contributed by atoms with Gasteiger partial charge in [-0.15, -0.1) is 0 Å². The van der Waals surface area contributed by atoms with Gasteiger partial charge in [-0.05, 0) is 12.8 Å². The third-order valence-electron chi connectivity index (χ3n) is 3.38. The molecule has 1 saturated heterocycles. The largest absolute Gasteiger partial charge is 0.469 e. The Bertz CT molecular complexity index is 363. The Balaban J connectivity index is 2.37. The van der Waals surface area contributed by atoms with Crippen molar-refractivity contribution in [3.8, 4) is 0 Å². The van der Waals surface area contributed by atoms with Crippen LogP contribution in [0.3, 0.4) is 0 Å². The second-order valence-corrected chi connectivity index (χ2v) is 4.58. The quantitative estimate of drug-likeness (QED) is 0.445. The summed E-state index contributed by atoms with van der Waals surface area (Å²) in [5, 5.41) is 3.12. The highest BCUT2D eigenvalue weighted by Crippen LogP contribution is 2.18. The van der Waals surface area contributed by atoms with E-state index in [-0.39, 0.29) is 17.9 Å². The molecule has 1 aliphatic rings. The van der Waals surface area contributed by atoms with Crippen molar-refractivity contribution in [3.05, 3.63) is 0 Å². The van der Waals surface area contributed by atoms with Crippen LogP contribution in [0.5, 0.6) is 0 Å². The Morgan fingerprint density at radius 1 is 1.25 bits per heavy atom. The first-order valence-electron chi connectivity index (χ1n) is 6.72. The number of guanidine groups is 1. The molecule has 1 fully saturated rings. The number of methoxy groups -OCH3 is 2. The molecule has 0 unspecified atom stereocenters. The maximum atomic E-state index is 11.5. The van der Waals surface area contributed by atoms with Gasteiger partial charge in [0, 0.05) is 26.7 Å². The van der Waals surface area contributed by atoms with Gasteiger partial charge in [-0.2, -0.15) is 0 Å². The number of carbonyl (C=O) groups excluding carboxylic acids is 2. The van der Waals surface area contributed by atoms with Gasteiger partial charge in [0.15, 0.2) is 5.96 Å². The Morgan fingerprint density at radius 3 is 2.40 bits per heavy atom. The van der Waals surface area contributed by atoms with Crippen LogP contribution in [0.15, 0.2) is 4.99 Å². The van der Waals surface area contributed by atoms with E-state index in [1.54, 1.807) is 7.05 Å². The van der Waals surface area contributed by atoms with E-state index in [4.69, 9.17) is 4.74 Å². The molecule has 7 nitrogen and oxygen atoms in total. The van der Waals surface area contributed by atoms with Crippen LogP contribution < -0.4 is 5.32 Å². The summed E-state index contributed by atoms with van der Waals surface area (Å²) in [6.07, 6.45) is 1.81. The predicted octanol–water partition coefficient (Wildman–Crippen LogP) is 0.00990. The third-order valence-corrected chi connectivity index (χ3v) is 3.38. The number of nitrogens with one attached hydrogen (secondary N) is 1. The molecule has 0 aromatic heterocycles. The first kappa shape index (κ1) is 16.3. The molecular formula is C13H23N3O4. The average Bonchev–Trinajstić information content (AvgIpc) is 2.50. The van der Waals surface area contributed by atoms with Crippen LogP contribution in [0, 0.1) is 5.92 Å². The van der Waals surface area contributed by atoms with Gasteiger partial charge in [0.05, 0.1) is 26.6 Å². The SMILES string of the molecule is CN=C(NCCC(=O)OC)N1CCC(C(=O)OC)CC1. The lowest BCUT2D eigenvalue weighted by molar-refractivity contribution is -0.146. The number of aliphatic imine (C=N–C) groups is 1. The normalized spacial score (nSPS) is 16.8. The van der Waals surface area contributed by atoms with Gasteiger partial charge >= 0.3 is 11.9 Å². The molecule has 20 heavy (non-hydrogen) atoms. The van der Waals surface area contributed by atoms with Crippen molar-refractivity contribution in [3.63, 3.8) is 0 Å². The summed E-state index contributed by atoms with van der Waals surface area (Å²) in [5.74, 6) is 0.331. The van der Waals surface area contributed by atoms with Crippen LogP contribution in [0.2, 0.25) is 0 Å². The average molecular weight is 285 g/mol. The number of nitrogens with zero attached hydrogens (tertiary/aromatic N) is 2. The molecule has 0 amide bonds. The number of hydrogen-bond acceptors (Lipinski definition) is 5. The fourth-order valence-corrected chi connectivity index (χ4v) is 2.20. The topological polar surface area (TPSA) is 80.2 Å². The van der Waals surface area contributed by atoms with Crippen molar-refractivity contribution >= 4 is 17.9 Å². The van der Waals surface area contributed by atoms with E-state index < -0.39 is 0 Å². The summed E-state index contributed by atoms with van der Waals surface area (Å²) < 4.78 is 9.34. The van der Waals surface area contributed by atoms with E-state index >= 15 is 0 Å². The minimum absolute atomic E-state index is 0.0237. The van der Waals surface area contributed by atoms with Crippen molar-refractivity contribution in [2.45, 2.75) is 19.3 Å². The summed E-state index contributed by atoms with van der Waals surface area (Å²) in [7, 11) is 4.49. The molecule has 1 aliphatic heterocycles. The predicted molar refractivity (Wildman–Crippen MR) is 74.3 cm³/mol. The fourth-order valence-electron chi connectivity index (χ4n) is 2.20. The van der Waals surface area contributed by atoms with Crippen molar-refractivity contribution in [2.75, 3.05) is 40.9 Å². The summed E-state index contributed by atoms with van der Waals surface area (Å²) in [6, 6.07) is 0. The molecule has 0 radical (unpaired) electrons. The van der Waals surface area contributed by atoms with Crippen LogP contribution in [0.1, 0.15) is 19.3 Å². The molecule has 1 N–H and O–H groups in total. The van der Waals surface area contributed by atoms with Gasteiger partial charge < -0.3 is 19.7 Å². The third kappa shape index (κ3) is 4.71. The second-order valence-electron chi connectivity index (χ2n) is 4.58. The van der Waals surface area contributed by atoms with Crippen molar-refractivity contribution in [2.24, 2.45) is 10.9 Å². The van der Waals surface area contributed by atoms with Gasteiger partial charge in [0.25, 0.3) is 0 Å². The fraction of sp³-hybridized carbons (Fsp3) is 0.769. The Labute approximate surface area is 119 Å². The summed E-state index contributed by atoms with van der Waals surface area (Å²) in [6.45, 7) is 1.98. The number of esters is 2. The zero-order valence-electron chi connectivity index (χ0n) is 12.3. The van der Waals surface area contributed by atoms with Crippen molar-refractivity contribution < 1.29 is 19.1 Å². The second kappa shape index (κ2) is 8.39. The summed E-state index contributed by atoms with van der Waals surface area (Å²) >= 11 is 0. The maximum absolute atomic E-state index is 11.5. The van der Waals surface area contributed by atoms with Gasteiger partial charge in [-0.3, -0.25) is 14.6 Å². The van der Waals surface area contributed by atoms with Crippen LogP contribution in [0.4, 0.5) is 0 Å². The molecule has 0 aliphatic carbocycles. The number of likely N-dealkylation sites (tertiary alicyclic amines) is 1. The number of carbonyl (C=O) groups is 2. The molecular weight excluding hydrogens is 262 g/mol. The highest BCUT2D eigenvalue weighted by Gasteiger charge is 2.26. The molecule has 0 aromatic carbocycles. The lowest BCUT2D eigenvalue weighted by atomic mass is 9.97. The smallest absolute Gasteiger partial charge is 0.308 e. The summed E-state index contributed by atoms with van der Waals surface area (Å²) in [5.41, 5.74) is 0. The molecule has 114 valence electrons. The van der Waals surface area contributed by atoms with Crippen molar-refractivity contribution in [1.82, 2.24) is 10.2 Å². The van der Waals surface area contributed by atoms with E-state index in [2.05, 4.69) is 19.9 Å². The van der Waals surface area contributed by atoms with E-state index in [1.807, 2.05) is 0 Å². The van der Waals surface area contributed by atoms with Crippen LogP contribution in [-0.4, -0.2) is 63.7 Å². The minimum atomic E-state index is -0.252. The van der Waals surface area contributed by atoms with Crippen LogP contribution in [-0.2, 0) is 19.1 Å². The Hall–Kier alpha value is -1.79. The molecule has 7 heteroatoms. The molecule has 0 bridgehead atoms. The first-order chi connectivity index (χ1) is 9.62. The standard InChI is InChI=1S/C13H23N3O4/c1-14-13(15-7-4-11(17)19-2)16-8-5-10(6-9-16)12(18)20-3/h10H,4-9H2,1-3H3,(H,14,15). The van der Waals surface area contributed by atoms with E-state index in [0.717, 1.165) is 31.9 Å². The summed E-state index contributed by atoms with van der Waals surface area (Å²) in [4.78, 5) is 28.8. The van der Waals surface area contributed by atoms with Crippen LogP contribution in [0.25, 0.3) is 0 Å². The zero-order valence-corrected chi connectivity index (χ0v) is 12.3. The van der Waals surface area contributed by atoms with E-state index in [1.165, 1.54) is 14.2 Å². The van der Waals surface area contributed by atoms with Gasteiger partial charge in [0.2, 0.25) is 0 Å². The van der Waals surface area contributed by atoms with E-state index in [9.17, 15) is 9.59 Å². The van der Waals surface area contributed by atoms with Gasteiger partial charge in [-0.1, -0.05) is 0 Å². The molecule has 0 spiro atoms. The van der Waals surface area contributed by atoms with Gasteiger partial charge in [-0.25, -0.2) is 0 Å². The maximum Gasteiger partial charge on any atom is 0.308 e. The molecule has 1 rings (SSSR count). The lowest BCUT2D eigenvalue weighted by Crippen LogP contribution is -2.47. The van der Waals surface area contributed by atoms with Gasteiger partial charge in [0.1, 0.15) is 0 Å². The highest BCUT2D eigenvalue weighted by atomic mass is 16.5.